The van der Waals surface area contributed by atoms with Crippen LogP contribution in [-0.4, -0.2) is 56.5 Å². The van der Waals surface area contributed by atoms with Gasteiger partial charge < -0.3 is 34.4 Å². The fourth-order valence-corrected chi connectivity index (χ4v) is 3.33. The maximum atomic E-state index is 12.3. The summed E-state index contributed by atoms with van der Waals surface area (Å²) in [6, 6.07) is 3.44. The Kier molecular flexibility index (Phi) is 8.37. The number of halogens is 1. The van der Waals surface area contributed by atoms with E-state index >= 15 is 0 Å². The summed E-state index contributed by atoms with van der Waals surface area (Å²) in [6.45, 7) is 2.36. The average Bonchev–Trinajstić information content (AvgIpc) is 3.05. The number of aliphatic carboxylic acids is 1. The normalized spacial score (nSPS) is 10.6. The molecule has 2 aromatic rings. The van der Waals surface area contributed by atoms with E-state index in [1.165, 1.54) is 21.3 Å². The van der Waals surface area contributed by atoms with Crippen molar-refractivity contribution in [1.29, 1.82) is 0 Å². The highest BCUT2D eigenvalue weighted by molar-refractivity contribution is 6.36. The van der Waals surface area contributed by atoms with Crippen LogP contribution in [0, 0.1) is 0 Å². The number of carboxylic acid groups (broad SMARTS) is 1. The molecule has 0 saturated carbocycles. The molecule has 0 saturated heterocycles. The summed E-state index contributed by atoms with van der Waals surface area (Å²) in [6.07, 6.45) is -0.0474. The van der Waals surface area contributed by atoms with Gasteiger partial charge in [0.05, 0.1) is 39.4 Å². The Morgan fingerprint density at radius 2 is 1.83 bits per heavy atom. The Balaban J connectivity index is 2.59. The zero-order chi connectivity index (χ0) is 22.3. The van der Waals surface area contributed by atoms with E-state index in [9.17, 15) is 9.59 Å². The molecular formula is C20H25ClN2O7. The summed E-state index contributed by atoms with van der Waals surface area (Å²) in [5.74, 6) is -0.297. The van der Waals surface area contributed by atoms with E-state index in [0.717, 1.165) is 0 Å². The summed E-state index contributed by atoms with van der Waals surface area (Å²) in [5, 5.41) is 12.0. The van der Waals surface area contributed by atoms with Gasteiger partial charge in [-0.3, -0.25) is 4.79 Å². The number of H-pyrrole nitrogens is 1. The molecule has 0 unspecified atom stereocenters. The highest BCUT2D eigenvalue weighted by Gasteiger charge is 2.27. The highest BCUT2D eigenvalue weighted by atomic mass is 35.5. The number of aromatic nitrogens is 1. The fourth-order valence-electron chi connectivity index (χ4n) is 2.99. The molecule has 9 nitrogen and oxygen atoms in total. The summed E-state index contributed by atoms with van der Waals surface area (Å²) in [4.78, 5) is 26.1. The van der Waals surface area contributed by atoms with Crippen LogP contribution < -0.4 is 19.5 Å². The number of benzene rings is 1. The average molecular weight is 441 g/mol. The van der Waals surface area contributed by atoms with Crippen LogP contribution in [0.5, 0.6) is 17.2 Å². The number of methoxy groups -OCH3 is 3. The van der Waals surface area contributed by atoms with Crippen LogP contribution in [0.15, 0.2) is 12.1 Å². The number of aromatic amines is 1. The first-order valence-electron chi connectivity index (χ1n) is 9.18. The number of carbonyl (C=O) groups is 2. The number of ether oxygens (including phenoxy) is 4. The Bertz CT molecular complexity index is 911. The van der Waals surface area contributed by atoms with Crippen molar-refractivity contribution in [1.82, 2.24) is 10.3 Å². The number of hydrogen-bond donors (Lipinski definition) is 3. The third-order valence-electron chi connectivity index (χ3n) is 4.29. The molecule has 0 spiro atoms. The van der Waals surface area contributed by atoms with Crippen molar-refractivity contribution in [3.8, 4) is 28.4 Å². The predicted octanol–water partition coefficient (Wildman–Crippen LogP) is 3.10. The lowest BCUT2D eigenvalue weighted by Gasteiger charge is -2.16. The third kappa shape index (κ3) is 4.98. The Morgan fingerprint density at radius 1 is 1.13 bits per heavy atom. The molecule has 2 rings (SSSR count). The molecule has 0 radical (unpaired) electrons. The largest absolute Gasteiger partial charge is 0.493 e. The first kappa shape index (κ1) is 23.4. The smallest absolute Gasteiger partial charge is 0.356 e. The van der Waals surface area contributed by atoms with Gasteiger partial charge in [-0.05, 0) is 19.1 Å². The van der Waals surface area contributed by atoms with E-state index in [1.54, 1.807) is 19.1 Å². The summed E-state index contributed by atoms with van der Waals surface area (Å²) >= 11 is 6.57. The minimum Gasteiger partial charge on any atom is -0.493 e. The van der Waals surface area contributed by atoms with Crippen molar-refractivity contribution in [3.05, 3.63) is 28.5 Å². The quantitative estimate of drug-likeness (QED) is 0.360. The first-order chi connectivity index (χ1) is 14.4. The molecule has 0 aliphatic rings. The van der Waals surface area contributed by atoms with Crippen LogP contribution >= 0.6 is 11.6 Å². The topological polar surface area (TPSA) is 119 Å². The second-order valence-electron chi connectivity index (χ2n) is 6.09. The van der Waals surface area contributed by atoms with Crippen molar-refractivity contribution < 1.29 is 33.6 Å². The molecule has 164 valence electrons. The monoisotopic (exact) mass is 440 g/mol. The van der Waals surface area contributed by atoms with E-state index in [2.05, 4.69) is 10.3 Å². The summed E-state index contributed by atoms with van der Waals surface area (Å²) in [7, 11) is 4.48. The van der Waals surface area contributed by atoms with Gasteiger partial charge in [0.1, 0.15) is 5.69 Å². The van der Waals surface area contributed by atoms with E-state index < -0.39 is 11.9 Å². The molecule has 10 heteroatoms. The number of carbonyl (C=O) groups excluding carboxylic acids is 1. The molecule has 1 aromatic carbocycles. The zero-order valence-corrected chi connectivity index (χ0v) is 18.0. The van der Waals surface area contributed by atoms with Crippen molar-refractivity contribution in [2.75, 3.05) is 34.5 Å². The number of nitrogens with one attached hydrogen (secondary N) is 2. The van der Waals surface area contributed by atoms with Crippen molar-refractivity contribution in [2.24, 2.45) is 0 Å². The lowest BCUT2D eigenvalue weighted by molar-refractivity contribution is -0.136. The number of hydrogen-bond acceptors (Lipinski definition) is 7. The van der Waals surface area contributed by atoms with Gasteiger partial charge in [-0.2, -0.15) is 0 Å². The lowest BCUT2D eigenvalue weighted by atomic mass is 10.0. The maximum absolute atomic E-state index is 12.3. The van der Waals surface area contributed by atoms with E-state index in [-0.39, 0.29) is 36.8 Å². The molecule has 0 atom stereocenters. The molecule has 3 N–H and O–H groups in total. The molecule has 0 bridgehead atoms. The van der Waals surface area contributed by atoms with Gasteiger partial charge in [0, 0.05) is 29.9 Å². The second kappa shape index (κ2) is 10.7. The fraction of sp³-hybridized carbons (Fsp3) is 0.400. The standard InChI is InChI=1S/C20H25ClN2O7/c1-5-30-20(26)17-16(21)15(12(23-17)10-22-9-8-14(24)25)11-6-7-13(27-2)19(29-4)18(11)28-3/h6-7,22-23H,5,8-10H2,1-4H3,(H,24,25). The van der Waals surface area contributed by atoms with Crippen LogP contribution in [0.25, 0.3) is 11.1 Å². The molecule has 0 fully saturated rings. The summed E-state index contributed by atoms with van der Waals surface area (Å²) in [5.41, 5.74) is 1.75. The minimum absolute atomic E-state index is 0.0474. The lowest BCUT2D eigenvalue weighted by Crippen LogP contribution is -2.18. The molecule has 0 aliphatic heterocycles. The minimum atomic E-state index is -0.916. The van der Waals surface area contributed by atoms with Crippen LogP contribution in [0.3, 0.4) is 0 Å². The van der Waals surface area contributed by atoms with E-state index in [4.69, 9.17) is 35.7 Å². The van der Waals surface area contributed by atoms with Gasteiger partial charge in [-0.25, -0.2) is 4.79 Å². The van der Waals surface area contributed by atoms with E-state index in [0.29, 0.717) is 34.1 Å². The molecule has 0 aliphatic carbocycles. The SMILES string of the molecule is CCOC(=O)c1[nH]c(CNCCC(=O)O)c(-c2ccc(OC)c(OC)c2OC)c1Cl. The zero-order valence-electron chi connectivity index (χ0n) is 17.3. The van der Waals surface area contributed by atoms with Crippen LogP contribution in [0.2, 0.25) is 5.02 Å². The molecular weight excluding hydrogens is 416 g/mol. The van der Waals surface area contributed by atoms with Crippen LogP contribution in [0.4, 0.5) is 0 Å². The number of esters is 1. The molecule has 1 aromatic heterocycles. The van der Waals surface area contributed by atoms with Gasteiger partial charge in [0.2, 0.25) is 5.75 Å². The van der Waals surface area contributed by atoms with E-state index in [1.807, 2.05) is 0 Å². The predicted molar refractivity (Wildman–Crippen MR) is 111 cm³/mol. The van der Waals surface area contributed by atoms with Gasteiger partial charge in [-0.1, -0.05) is 11.6 Å². The van der Waals surface area contributed by atoms with Crippen molar-refractivity contribution in [3.63, 3.8) is 0 Å². The van der Waals surface area contributed by atoms with Crippen LogP contribution in [0.1, 0.15) is 29.5 Å². The van der Waals surface area contributed by atoms with Crippen LogP contribution in [-0.2, 0) is 16.1 Å². The van der Waals surface area contributed by atoms with Gasteiger partial charge in [0.25, 0.3) is 0 Å². The van der Waals surface area contributed by atoms with Crippen molar-refractivity contribution >= 4 is 23.5 Å². The van der Waals surface area contributed by atoms with Gasteiger partial charge >= 0.3 is 11.9 Å². The molecule has 1 heterocycles. The second-order valence-corrected chi connectivity index (χ2v) is 6.47. The van der Waals surface area contributed by atoms with Crippen molar-refractivity contribution in [2.45, 2.75) is 19.9 Å². The number of carboxylic acids is 1. The highest BCUT2D eigenvalue weighted by Crippen LogP contribution is 2.47. The Hall–Kier alpha value is -2.91. The molecule has 30 heavy (non-hydrogen) atoms. The Labute approximate surface area is 179 Å². The first-order valence-corrected chi connectivity index (χ1v) is 9.56. The summed E-state index contributed by atoms with van der Waals surface area (Å²) < 4.78 is 21.4. The Morgan fingerprint density at radius 3 is 2.40 bits per heavy atom. The third-order valence-corrected chi connectivity index (χ3v) is 4.67. The maximum Gasteiger partial charge on any atom is 0.356 e. The van der Waals surface area contributed by atoms with Gasteiger partial charge in [0.15, 0.2) is 11.5 Å². The van der Waals surface area contributed by atoms with Gasteiger partial charge in [-0.15, -0.1) is 0 Å². The molecule has 0 amide bonds. The number of rotatable bonds is 11.